The first-order valence-corrected chi connectivity index (χ1v) is 10.8. The predicted molar refractivity (Wildman–Crippen MR) is 124 cm³/mol. The van der Waals surface area contributed by atoms with E-state index >= 15 is 0 Å². The first-order valence-electron chi connectivity index (χ1n) is 8.83. The fourth-order valence-electron chi connectivity index (χ4n) is 2.66. The molecule has 0 radical (unpaired) electrons. The van der Waals surface area contributed by atoms with Crippen LogP contribution in [0.25, 0.3) is 5.82 Å². The van der Waals surface area contributed by atoms with Crippen molar-refractivity contribution in [3.8, 4) is 5.82 Å². The average molecular weight is 587 g/mol. The largest absolute Gasteiger partial charge is 0.452 e. The highest BCUT2D eigenvalue weighted by Crippen LogP contribution is 2.30. The molecule has 0 saturated heterocycles. The molecule has 3 rings (SSSR count). The second-order valence-corrected chi connectivity index (χ2v) is 8.34. The van der Waals surface area contributed by atoms with Crippen molar-refractivity contribution in [2.45, 2.75) is 6.92 Å². The Morgan fingerprint density at radius 3 is 2.56 bits per heavy atom. The lowest BCUT2D eigenvalue weighted by Crippen LogP contribution is -2.41. The van der Waals surface area contributed by atoms with Gasteiger partial charge in [-0.25, -0.2) is 19.9 Å². The normalized spacial score (nSPS) is 10.4. The van der Waals surface area contributed by atoms with E-state index in [0.717, 1.165) is 12.7 Å². The van der Waals surface area contributed by atoms with Crippen molar-refractivity contribution in [3.05, 3.63) is 67.4 Å². The molecule has 1 aromatic carbocycles. The van der Waals surface area contributed by atoms with Gasteiger partial charge >= 0.3 is 6.09 Å². The number of anilines is 1. The smallest absolute Gasteiger partial charge is 0.425 e. The summed E-state index contributed by atoms with van der Waals surface area (Å²) < 4.78 is 6.55. The van der Waals surface area contributed by atoms with Crippen molar-refractivity contribution in [1.29, 1.82) is 0 Å². The van der Waals surface area contributed by atoms with E-state index in [-0.39, 0.29) is 22.8 Å². The fraction of sp³-hybridized carbons (Fsp3) is 0.105. The van der Waals surface area contributed by atoms with Crippen LogP contribution in [0.2, 0.25) is 5.02 Å². The number of hydrogen-bond donors (Lipinski definition) is 3. The molecule has 0 spiro atoms. The lowest BCUT2D eigenvalue weighted by atomic mass is 10.1. The van der Waals surface area contributed by atoms with Crippen LogP contribution in [0, 0.1) is 6.92 Å². The maximum absolute atomic E-state index is 13.2. The number of methoxy groups -OCH3 is 1. The predicted octanol–water partition coefficient (Wildman–Crippen LogP) is 4.01. The van der Waals surface area contributed by atoms with Gasteiger partial charge < -0.3 is 10.1 Å². The molecule has 32 heavy (non-hydrogen) atoms. The van der Waals surface area contributed by atoms with Gasteiger partial charge in [-0.1, -0.05) is 11.6 Å². The number of halogens is 3. The molecule has 0 bridgehead atoms. The minimum atomic E-state index is -0.850. The van der Waals surface area contributed by atoms with Gasteiger partial charge in [-0.3, -0.25) is 15.0 Å². The van der Waals surface area contributed by atoms with Crippen LogP contribution in [-0.2, 0) is 4.74 Å². The van der Waals surface area contributed by atoms with Crippen LogP contribution in [0.15, 0.2) is 45.6 Å². The van der Waals surface area contributed by atoms with E-state index in [1.807, 2.05) is 0 Å². The molecule has 3 N–H and O–H groups in total. The number of rotatable bonds is 4. The summed E-state index contributed by atoms with van der Waals surface area (Å²) in [5.74, 6) is -0.991. The minimum Gasteiger partial charge on any atom is -0.452 e. The Morgan fingerprint density at radius 2 is 1.88 bits per heavy atom. The number of benzene rings is 1. The number of ether oxygens (including phenoxy) is 1. The second-order valence-electron chi connectivity index (χ2n) is 6.27. The zero-order valence-electron chi connectivity index (χ0n) is 16.6. The SMILES string of the molecule is COC(=O)NNC(=O)c1cc(C)cc(Br)c1NC(=O)c1cc(Br)nn1-c1ncccc1Cl. The molecule has 0 aliphatic rings. The van der Waals surface area contributed by atoms with Gasteiger partial charge in [0, 0.05) is 16.7 Å². The number of pyridine rings is 1. The van der Waals surface area contributed by atoms with Crippen molar-refractivity contribution in [1.82, 2.24) is 25.6 Å². The van der Waals surface area contributed by atoms with Crippen LogP contribution in [-0.4, -0.2) is 39.8 Å². The third-order valence-corrected chi connectivity index (χ3v) is 5.34. The van der Waals surface area contributed by atoms with E-state index in [9.17, 15) is 14.4 Å². The van der Waals surface area contributed by atoms with Gasteiger partial charge in [0.1, 0.15) is 10.3 Å². The van der Waals surface area contributed by atoms with E-state index in [1.165, 1.54) is 16.9 Å². The number of nitrogens with one attached hydrogen (secondary N) is 3. The van der Waals surface area contributed by atoms with E-state index in [2.05, 4.69) is 62.8 Å². The molecule has 0 aliphatic heterocycles. The van der Waals surface area contributed by atoms with Crippen LogP contribution >= 0.6 is 43.5 Å². The number of hydrazine groups is 1. The Balaban J connectivity index is 1.96. The summed E-state index contributed by atoms with van der Waals surface area (Å²) in [6.07, 6.45) is 0.669. The van der Waals surface area contributed by atoms with Gasteiger partial charge in [-0.15, -0.1) is 0 Å². The molecule has 0 aliphatic carbocycles. The second kappa shape index (κ2) is 10.1. The zero-order valence-corrected chi connectivity index (χ0v) is 20.5. The highest BCUT2D eigenvalue weighted by molar-refractivity contribution is 9.10. The Kier molecular flexibility index (Phi) is 7.48. The molecule has 0 unspecified atom stereocenters. The van der Waals surface area contributed by atoms with Gasteiger partial charge in [-0.2, -0.15) is 5.10 Å². The third-order valence-electron chi connectivity index (χ3n) is 4.03. The quantitative estimate of drug-likeness (QED) is 0.397. The molecule has 0 atom stereocenters. The summed E-state index contributed by atoms with van der Waals surface area (Å²) in [6.45, 7) is 1.77. The van der Waals surface area contributed by atoms with E-state index in [4.69, 9.17) is 11.6 Å². The molecule has 2 heterocycles. The standard InChI is InChI=1S/C19H15Br2ClN6O4/c1-9-6-10(17(29)25-26-19(31)32-2)15(11(20)7-9)24-18(30)13-8-14(21)27-28(13)16-12(22)4-3-5-23-16/h3-8H,1-2H3,(H,24,30)(H,25,29)(H,26,31). The molecule has 0 fully saturated rings. The van der Waals surface area contributed by atoms with Crippen LogP contribution in [0.3, 0.4) is 0 Å². The molecular formula is C19H15Br2ClN6O4. The summed E-state index contributed by atoms with van der Waals surface area (Å²) in [4.78, 5) is 41.2. The van der Waals surface area contributed by atoms with Crippen molar-refractivity contribution in [2.75, 3.05) is 12.4 Å². The number of aryl methyl sites for hydroxylation is 1. The summed E-state index contributed by atoms with van der Waals surface area (Å²) in [7, 11) is 1.16. The monoisotopic (exact) mass is 584 g/mol. The number of amides is 3. The summed E-state index contributed by atoms with van der Waals surface area (Å²) >= 11 is 12.8. The lowest BCUT2D eigenvalue weighted by Gasteiger charge is -2.15. The molecule has 3 amide bonds. The van der Waals surface area contributed by atoms with Crippen molar-refractivity contribution in [3.63, 3.8) is 0 Å². The Hall–Kier alpha value is -2.96. The van der Waals surface area contributed by atoms with E-state index < -0.39 is 17.9 Å². The number of aromatic nitrogens is 3. The maximum atomic E-state index is 13.2. The Morgan fingerprint density at radius 1 is 1.12 bits per heavy atom. The molecule has 10 nitrogen and oxygen atoms in total. The fourth-order valence-corrected chi connectivity index (χ4v) is 3.91. The zero-order chi connectivity index (χ0) is 23.4. The molecular weight excluding hydrogens is 572 g/mol. The molecule has 3 aromatic rings. The first-order chi connectivity index (χ1) is 15.2. The number of hydrogen-bond acceptors (Lipinski definition) is 6. The van der Waals surface area contributed by atoms with Crippen molar-refractivity contribution in [2.24, 2.45) is 0 Å². The summed E-state index contributed by atoms with van der Waals surface area (Å²) in [5.41, 5.74) is 5.45. The number of nitrogens with zero attached hydrogens (tertiary/aromatic N) is 3. The maximum Gasteiger partial charge on any atom is 0.425 e. The van der Waals surface area contributed by atoms with Crippen LogP contribution < -0.4 is 16.2 Å². The van der Waals surface area contributed by atoms with E-state index in [0.29, 0.717) is 14.1 Å². The topological polar surface area (TPSA) is 127 Å². The third kappa shape index (κ3) is 5.26. The van der Waals surface area contributed by atoms with Gasteiger partial charge in [0.25, 0.3) is 11.8 Å². The number of carbonyl (C=O) groups is 3. The molecule has 13 heteroatoms. The van der Waals surface area contributed by atoms with Crippen LogP contribution in [0.1, 0.15) is 26.4 Å². The summed E-state index contributed by atoms with van der Waals surface area (Å²) in [6, 6.07) is 8.04. The van der Waals surface area contributed by atoms with Crippen molar-refractivity contribution < 1.29 is 19.1 Å². The highest BCUT2D eigenvalue weighted by Gasteiger charge is 2.23. The van der Waals surface area contributed by atoms with Gasteiger partial charge in [0.05, 0.1) is 23.4 Å². The van der Waals surface area contributed by atoms with Crippen molar-refractivity contribution >= 4 is 67.1 Å². The highest BCUT2D eigenvalue weighted by atomic mass is 79.9. The molecule has 2 aromatic heterocycles. The lowest BCUT2D eigenvalue weighted by molar-refractivity contribution is 0.0921. The van der Waals surface area contributed by atoms with E-state index in [1.54, 1.807) is 31.2 Å². The first kappa shape index (κ1) is 23.7. The van der Waals surface area contributed by atoms with Crippen LogP contribution in [0.5, 0.6) is 0 Å². The Labute approximate surface area is 203 Å². The molecule has 166 valence electrons. The Bertz CT molecular complexity index is 1220. The molecule has 0 saturated carbocycles. The van der Waals surface area contributed by atoms with Gasteiger partial charge in [-0.05, 0) is 68.6 Å². The van der Waals surface area contributed by atoms with Gasteiger partial charge in [0.15, 0.2) is 5.82 Å². The minimum absolute atomic E-state index is 0.0997. The van der Waals surface area contributed by atoms with Crippen LogP contribution in [0.4, 0.5) is 10.5 Å². The summed E-state index contributed by atoms with van der Waals surface area (Å²) in [5, 5.41) is 7.23. The van der Waals surface area contributed by atoms with Gasteiger partial charge in [0.2, 0.25) is 0 Å². The number of carbonyl (C=O) groups excluding carboxylic acids is 3. The average Bonchev–Trinajstić information content (AvgIpc) is 3.15.